The fraction of sp³-hybridized carbons (Fsp3) is 0.350. The summed E-state index contributed by atoms with van der Waals surface area (Å²) in [5, 5.41) is 2.89. The van der Waals surface area contributed by atoms with Gasteiger partial charge in [-0.2, -0.15) is 0 Å². The van der Waals surface area contributed by atoms with Crippen LogP contribution in [0.5, 0.6) is 0 Å². The predicted octanol–water partition coefficient (Wildman–Crippen LogP) is 4.27. The molecule has 4 nitrogen and oxygen atoms in total. The number of amides is 1. The number of sulfone groups is 1. The van der Waals surface area contributed by atoms with Crippen LogP contribution in [0.2, 0.25) is 0 Å². The summed E-state index contributed by atoms with van der Waals surface area (Å²) in [7, 11) is -3.54. The van der Waals surface area contributed by atoms with E-state index in [1.165, 1.54) is 0 Å². The molecule has 2 aromatic rings. The van der Waals surface area contributed by atoms with Crippen LogP contribution in [-0.2, 0) is 20.4 Å². The van der Waals surface area contributed by atoms with E-state index in [-0.39, 0.29) is 11.8 Å². The molecule has 0 aliphatic heterocycles. The van der Waals surface area contributed by atoms with Gasteiger partial charge in [-0.05, 0) is 35.6 Å². The molecule has 1 atom stereocenters. The van der Waals surface area contributed by atoms with Gasteiger partial charge in [-0.25, -0.2) is 8.42 Å². The molecule has 1 amide bonds. The van der Waals surface area contributed by atoms with E-state index in [2.05, 4.69) is 35.1 Å². The van der Waals surface area contributed by atoms with E-state index in [1.807, 2.05) is 36.4 Å². The van der Waals surface area contributed by atoms with Crippen LogP contribution in [0.15, 0.2) is 59.1 Å². The summed E-state index contributed by atoms with van der Waals surface area (Å²) in [6.07, 6.45) is 0.751. The van der Waals surface area contributed by atoms with Crippen LogP contribution in [0.25, 0.3) is 0 Å². The lowest BCUT2D eigenvalue weighted by molar-refractivity contribution is -0.119. The second-order valence-corrected chi connectivity index (χ2v) is 9.80. The Morgan fingerprint density at radius 1 is 1.08 bits per heavy atom. The van der Waals surface area contributed by atoms with E-state index in [9.17, 15) is 13.2 Å². The first-order valence-corrected chi connectivity index (χ1v) is 11.2. The fourth-order valence-corrected chi connectivity index (χ4v) is 4.52. The van der Waals surface area contributed by atoms with Crippen molar-refractivity contribution < 1.29 is 13.2 Å². The molecule has 0 aromatic heterocycles. The Morgan fingerprint density at radius 2 is 1.77 bits per heavy atom. The Kier molecular flexibility index (Phi) is 7.41. The van der Waals surface area contributed by atoms with Crippen molar-refractivity contribution in [3.63, 3.8) is 0 Å². The lowest BCUT2D eigenvalue weighted by atomic mass is 9.97. The highest BCUT2D eigenvalue weighted by Crippen LogP contribution is 2.21. The molecule has 0 saturated heterocycles. The summed E-state index contributed by atoms with van der Waals surface area (Å²) in [4.78, 5) is 12.4. The van der Waals surface area contributed by atoms with Gasteiger partial charge in [0.2, 0.25) is 5.91 Å². The average molecular weight is 438 g/mol. The molecule has 6 heteroatoms. The molecule has 0 aliphatic carbocycles. The molecule has 0 fully saturated rings. The highest BCUT2D eigenvalue weighted by atomic mass is 79.9. The Bertz CT molecular complexity index is 835. The van der Waals surface area contributed by atoms with Crippen LogP contribution < -0.4 is 5.32 Å². The van der Waals surface area contributed by atoms with Gasteiger partial charge in [-0.1, -0.05) is 72.2 Å². The van der Waals surface area contributed by atoms with Crippen LogP contribution in [0.4, 0.5) is 0 Å². The summed E-state index contributed by atoms with van der Waals surface area (Å²) < 4.78 is 25.6. The molecule has 140 valence electrons. The number of hydrogen-bond donors (Lipinski definition) is 1. The smallest absolute Gasteiger partial charge is 0.235 e. The zero-order valence-corrected chi connectivity index (χ0v) is 17.4. The number of benzene rings is 2. The third-order valence-electron chi connectivity index (χ3n) is 3.87. The summed E-state index contributed by atoms with van der Waals surface area (Å²) >= 11 is 3.33. The molecule has 2 rings (SSSR count). The molecule has 1 unspecified atom stereocenters. The molecule has 0 heterocycles. The highest BCUT2D eigenvalue weighted by molar-refractivity contribution is 9.10. The van der Waals surface area contributed by atoms with Crippen molar-refractivity contribution in [2.45, 2.75) is 32.1 Å². The van der Waals surface area contributed by atoms with Crippen molar-refractivity contribution in [1.29, 1.82) is 0 Å². The monoisotopic (exact) mass is 437 g/mol. The van der Waals surface area contributed by atoms with Gasteiger partial charge in [0.1, 0.15) is 5.75 Å². The van der Waals surface area contributed by atoms with Crippen molar-refractivity contribution in [2.24, 2.45) is 5.92 Å². The van der Waals surface area contributed by atoms with E-state index < -0.39 is 21.5 Å². The molecule has 0 bridgehead atoms. The van der Waals surface area contributed by atoms with Crippen LogP contribution in [0.3, 0.4) is 0 Å². The standard InChI is InChI=1S/C20H24BrNO3S/c1-15(2)11-19(17-8-4-3-5-9-17)22-20(23)14-26(24,25)13-16-7-6-10-18(21)12-16/h3-10,12,15,19H,11,13-14H2,1-2H3,(H,22,23). The van der Waals surface area contributed by atoms with Gasteiger partial charge in [0.15, 0.2) is 9.84 Å². The Hall–Kier alpha value is -1.66. The molecular weight excluding hydrogens is 414 g/mol. The Balaban J connectivity index is 2.04. The third-order valence-corrected chi connectivity index (χ3v) is 5.84. The number of rotatable bonds is 8. The number of carbonyl (C=O) groups is 1. The maximum absolute atomic E-state index is 12.4. The van der Waals surface area contributed by atoms with Gasteiger partial charge in [0.25, 0.3) is 0 Å². The summed E-state index contributed by atoms with van der Waals surface area (Å²) in [6.45, 7) is 4.15. The first-order chi connectivity index (χ1) is 12.2. The largest absolute Gasteiger partial charge is 0.348 e. The van der Waals surface area contributed by atoms with Crippen molar-refractivity contribution in [3.05, 3.63) is 70.2 Å². The average Bonchev–Trinajstić information content (AvgIpc) is 2.53. The summed E-state index contributed by atoms with van der Waals surface area (Å²) in [5.74, 6) is -0.755. The van der Waals surface area contributed by atoms with E-state index in [0.717, 1.165) is 16.5 Å². The van der Waals surface area contributed by atoms with Gasteiger partial charge >= 0.3 is 0 Å². The van der Waals surface area contributed by atoms with E-state index in [1.54, 1.807) is 18.2 Å². The van der Waals surface area contributed by atoms with Gasteiger partial charge in [0.05, 0.1) is 11.8 Å². The molecule has 0 spiro atoms. The van der Waals surface area contributed by atoms with E-state index >= 15 is 0 Å². The Labute approximate surface area is 164 Å². The van der Waals surface area contributed by atoms with Crippen LogP contribution in [0, 0.1) is 5.92 Å². The van der Waals surface area contributed by atoms with Crippen molar-refractivity contribution in [2.75, 3.05) is 5.75 Å². The number of halogens is 1. The number of carbonyl (C=O) groups excluding carboxylic acids is 1. The van der Waals surface area contributed by atoms with Crippen LogP contribution >= 0.6 is 15.9 Å². The van der Waals surface area contributed by atoms with Gasteiger partial charge in [-0.15, -0.1) is 0 Å². The van der Waals surface area contributed by atoms with Crippen LogP contribution in [0.1, 0.15) is 37.4 Å². The summed E-state index contributed by atoms with van der Waals surface area (Å²) in [6, 6.07) is 16.6. The van der Waals surface area contributed by atoms with Gasteiger partial charge < -0.3 is 5.32 Å². The summed E-state index contributed by atoms with van der Waals surface area (Å²) in [5.41, 5.74) is 1.65. The van der Waals surface area contributed by atoms with Crippen molar-refractivity contribution >= 4 is 31.7 Å². The number of nitrogens with one attached hydrogen (secondary N) is 1. The maximum atomic E-state index is 12.4. The minimum absolute atomic E-state index is 0.153. The second-order valence-electron chi connectivity index (χ2n) is 6.82. The highest BCUT2D eigenvalue weighted by Gasteiger charge is 2.21. The molecule has 0 radical (unpaired) electrons. The minimum atomic E-state index is -3.54. The van der Waals surface area contributed by atoms with Gasteiger partial charge in [-0.3, -0.25) is 4.79 Å². The number of hydrogen-bond acceptors (Lipinski definition) is 3. The van der Waals surface area contributed by atoms with Crippen molar-refractivity contribution in [1.82, 2.24) is 5.32 Å². The van der Waals surface area contributed by atoms with E-state index in [4.69, 9.17) is 0 Å². The molecule has 2 aromatic carbocycles. The zero-order valence-electron chi connectivity index (χ0n) is 15.0. The molecular formula is C20H24BrNO3S. The minimum Gasteiger partial charge on any atom is -0.348 e. The van der Waals surface area contributed by atoms with E-state index in [0.29, 0.717) is 11.5 Å². The first-order valence-electron chi connectivity index (χ1n) is 8.54. The fourth-order valence-electron chi connectivity index (χ4n) is 2.80. The maximum Gasteiger partial charge on any atom is 0.235 e. The van der Waals surface area contributed by atoms with Crippen LogP contribution in [-0.4, -0.2) is 20.1 Å². The lowest BCUT2D eigenvalue weighted by Crippen LogP contribution is -2.34. The second kappa shape index (κ2) is 9.33. The SMILES string of the molecule is CC(C)CC(NC(=O)CS(=O)(=O)Cc1cccc(Br)c1)c1ccccc1. The topological polar surface area (TPSA) is 63.2 Å². The molecule has 0 aliphatic rings. The predicted molar refractivity (Wildman–Crippen MR) is 108 cm³/mol. The molecule has 0 saturated carbocycles. The third kappa shape index (κ3) is 6.92. The quantitative estimate of drug-likeness (QED) is 0.670. The molecule has 26 heavy (non-hydrogen) atoms. The zero-order chi connectivity index (χ0) is 19.2. The first kappa shape index (κ1) is 20.6. The Morgan fingerprint density at radius 3 is 2.38 bits per heavy atom. The normalized spacial score (nSPS) is 12.8. The lowest BCUT2D eigenvalue weighted by Gasteiger charge is -2.21. The molecule has 1 N–H and O–H groups in total. The van der Waals surface area contributed by atoms with Crippen molar-refractivity contribution in [3.8, 4) is 0 Å². The van der Waals surface area contributed by atoms with Gasteiger partial charge in [0, 0.05) is 4.47 Å².